The molecule has 0 aromatic heterocycles. The van der Waals surface area contributed by atoms with Crippen molar-refractivity contribution in [2.75, 3.05) is 0 Å². The summed E-state index contributed by atoms with van der Waals surface area (Å²) in [4.78, 5) is 8.00. The summed E-state index contributed by atoms with van der Waals surface area (Å²) >= 11 is 0. The second kappa shape index (κ2) is 23.2. The Balaban J connectivity index is -0.0000000761. The average Bonchev–Trinajstić information content (AvgIpc) is 1.90. The van der Waals surface area contributed by atoms with Gasteiger partial charge in [0.2, 0.25) is 0 Å². The van der Waals surface area contributed by atoms with Gasteiger partial charge in [-0.1, -0.05) is 24.3 Å². The van der Waals surface area contributed by atoms with E-state index in [1.165, 1.54) is 25.7 Å². The van der Waals surface area contributed by atoms with Crippen molar-refractivity contribution in [2.45, 2.75) is 25.7 Å². The molecule has 1 nitrogen and oxygen atoms in total. The van der Waals surface area contributed by atoms with Gasteiger partial charge >= 0.3 is 16.8 Å². The van der Waals surface area contributed by atoms with Crippen molar-refractivity contribution in [3.05, 3.63) is 24.3 Å². The quantitative estimate of drug-likeness (QED) is 0.350. The van der Waals surface area contributed by atoms with Crippen LogP contribution in [0.15, 0.2) is 24.3 Å². The van der Waals surface area contributed by atoms with Crippen LogP contribution in [0.3, 0.4) is 0 Å². The summed E-state index contributed by atoms with van der Waals surface area (Å²) in [6.07, 6.45) is 14.0. The largest absolute Gasteiger partial charge is 2.00 e. The smallest absolute Gasteiger partial charge is 1.00 e. The van der Waals surface area contributed by atoms with E-state index in [0.717, 1.165) is 0 Å². The van der Waals surface area contributed by atoms with Gasteiger partial charge in [0.25, 0.3) is 0 Å². The van der Waals surface area contributed by atoms with E-state index in [1.807, 2.05) is 6.79 Å². The molecule has 1 aliphatic carbocycles. The third-order valence-electron chi connectivity index (χ3n) is 1.37. The van der Waals surface area contributed by atoms with E-state index in [4.69, 9.17) is 4.79 Å². The molecule has 79 valence electrons. The van der Waals surface area contributed by atoms with E-state index in [2.05, 4.69) is 24.3 Å². The first-order valence-corrected chi connectivity index (χ1v) is 3.61. The van der Waals surface area contributed by atoms with Gasteiger partial charge in [-0.25, -0.2) is 0 Å². The van der Waals surface area contributed by atoms with Gasteiger partial charge in [-0.05, 0) is 25.7 Å². The Bertz CT molecular complexity index is 113. The van der Waals surface area contributed by atoms with Gasteiger partial charge in [-0.15, -0.1) is 0 Å². The fraction of sp³-hybridized carbons (Fsp3) is 0.444. The minimum atomic E-state index is 0. The minimum Gasteiger partial charge on any atom is -1.00 e. The molecule has 1 radical (unpaired) electrons. The van der Waals surface area contributed by atoms with Crippen LogP contribution in [0.25, 0.3) is 0 Å². The van der Waals surface area contributed by atoms with Gasteiger partial charge in [-0.2, -0.15) is 0 Å². The first kappa shape index (κ1) is 23.7. The fourth-order valence-corrected chi connectivity index (χ4v) is 0.874. The molecule has 4 heteroatoms. The molecule has 0 bridgehead atoms. The van der Waals surface area contributed by atoms with Gasteiger partial charge in [-0.3, -0.25) is 0 Å². The molecule has 0 aromatic carbocycles. The third kappa shape index (κ3) is 19.5. The summed E-state index contributed by atoms with van der Waals surface area (Å²) in [5.74, 6) is 0. The van der Waals surface area contributed by atoms with Crippen LogP contribution in [0.4, 0.5) is 0 Å². The Hall–Kier alpha value is 1.12. The van der Waals surface area contributed by atoms with E-state index >= 15 is 0 Å². The maximum absolute atomic E-state index is 8.00. The molecule has 0 heterocycles. The zero-order valence-corrected chi connectivity index (χ0v) is 12.7. The standard InChI is InChI=1S/C8H12.CH2O.Co.2HI/c1-2-4-6-8-7-5-3-1;1-2;;;/h1-4H,5-8H2;1H2;;2*1H/q;;+2;;/p-2. The minimum absolute atomic E-state index is 0. The van der Waals surface area contributed by atoms with Crippen LogP contribution in [-0.2, 0) is 21.6 Å². The number of hydrogen-bond acceptors (Lipinski definition) is 1. The Morgan fingerprint density at radius 2 is 1.15 bits per heavy atom. The van der Waals surface area contributed by atoms with Crippen molar-refractivity contribution in [3.63, 3.8) is 0 Å². The molecule has 0 atom stereocenters. The summed E-state index contributed by atoms with van der Waals surface area (Å²) in [5, 5.41) is 0. The predicted octanol–water partition coefficient (Wildman–Crippen LogP) is -3.51. The van der Waals surface area contributed by atoms with E-state index < -0.39 is 0 Å². The second-order valence-corrected chi connectivity index (χ2v) is 2.14. The number of allylic oxidation sites excluding steroid dienone is 4. The number of carbonyl (C=O) groups is 1. The molecule has 1 aliphatic rings. The Morgan fingerprint density at radius 1 is 0.846 bits per heavy atom. The van der Waals surface area contributed by atoms with Gasteiger partial charge in [0, 0.05) is 0 Å². The molecule has 0 aromatic rings. The Morgan fingerprint density at radius 3 is 1.46 bits per heavy atom. The number of halogens is 2. The molecule has 1 rings (SSSR count). The van der Waals surface area contributed by atoms with Crippen LogP contribution >= 0.6 is 0 Å². The Kier molecular flexibility index (Phi) is 42.3. The van der Waals surface area contributed by atoms with Crippen LogP contribution in [0.5, 0.6) is 0 Å². The van der Waals surface area contributed by atoms with Gasteiger partial charge in [0.15, 0.2) is 0 Å². The van der Waals surface area contributed by atoms with Gasteiger partial charge in [0.1, 0.15) is 6.79 Å². The predicted molar refractivity (Wildman–Crippen MR) is 43.9 cm³/mol. The van der Waals surface area contributed by atoms with E-state index in [-0.39, 0.29) is 64.7 Å². The van der Waals surface area contributed by atoms with Crippen LogP contribution in [0.2, 0.25) is 0 Å². The second-order valence-electron chi connectivity index (χ2n) is 2.14. The fourth-order valence-electron chi connectivity index (χ4n) is 0.874. The summed E-state index contributed by atoms with van der Waals surface area (Å²) < 4.78 is 0. The van der Waals surface area contributed by atoms with Crippen LogP contribution in [0.1, 0.15) is 25.7 Å². The van der Waals surface area contributed by atoms with Crippen molar-refractivity contribution in [2.24, 2.45) is 0 Å². The van der Waals surface area contributed by atoms with E-state index in [9.17, 15) is 0 Å². The van der Waals surface area contributed by atoms with E-state index in [0.29, 0.717) is 0 Å². The Labute approximate surface area is 125 Å². The number of carbonyl (C=O) groups excluding carboxylic acids is 1. The molecule has 0 amide bonds. The first-order valence-electron chi connectivity index (χ1n) is 3.61. The van der Waals surface area contributed by atoms with Crippen molar-refractivity contribution in [1.29, 1.82) is 0 Å². The monoisotopic (exact) mass is 451 g/mol. The zero-order chi connectivity index (χ0) is 7.66. The van der Waals surface area contributed by atoms with Crippen LogP contribution in [0, 0.1) is 0 Å². The third-order valence-corrected chi connectivity index (χ3v) is 1.37. The summed E-state index contributed by atoms with van der Waals surface area (Å²) in [6, 6.07) is 0. The summed E-state index contributed by atoms with van der Waals surface area (Å²) in [5.41, 5.74) is 0. The molecule has 13 heavy (non-hydrogen) atoms. The molecule has 0 unspecified atom stereocenters. The first-order chi connectivity index (χ1) is 5.00. The van der Waals surface area contributed by atoms with E-state index in [1.54, 1.807) is 0 Å². The van der Waals surface area contributed by atoms with Crippen LogP contribution < -0.4 is 48.0 Å². The zero-order valence-electron chi connectivity index (χ0n) is 7.34. The van der Waals surface area contributed by atoms with Gasteiger partial charge < -0.3 is 52.7 Å². The number of rotatable bonds is 0. The van der Waals surface area contributed by atoms with Crippen molar-refractivity contribution in [1.82, 2.24) is 0 Å². The summed E-state index contributed by atoms with van der Waals surface area (Å²) in [6.45, 7) is 2.00. The SMILES string of the molecule is C1=CCCCCC=C1.C=O.[Co+2].[I-].[I-]. The molecular formula is C9H14CoI2O. The molecule has 0 N–H and O–H groups in total. The molecule has 0 fully saturated rings. The van der Waals surface area contributed by atoms with Crippen molar-refractivity contribution < 1.29 is 69.5 Å². The van der Waals surface area contributed by atoms with Gasteiger partial charge in [0.05, 0.1) is 0 Å². The van der Waals surface area contributed by atoms with Crippen LogP contribution in [-0.4, -0.2) is 6.79 Å². The average molecular weight is 451 g/mol. The van der Waals surface area contributed by atoms with Crippen molar-refractivity contribution >= 4 is 6.79 Å². The molecule has 0 aliphatic heterocycles. The maximum Gasteiger partial charge on any atom is 2.00 e. The maximum atomic E-state index is 8.00. The topological polar surface area (TPSA) is 17.1 Å². The normalized spacial score (nSPS) is 12.6. The summed E-state index contributed by atoms with van der Waals surface area (Å²) in [7, 11) is 0. The van der Waals surface area contributed by atoms with Crippen molar-refractivity contribution in [3.8, 4) is 0 Å². The molecule has 0 saturated carbocycles. The molecular weight excluding hydrogens is 437 g/mol. The molecule has 0 spiro atoms. The molecule has 0 saturated heterocycles. The number of hydrogen-bond donors (Lipinski definition) is 0.